The summed E-state index contributed by atoms with van der Waals surface area (Å²) in [5, 5.41) is 0. The molecule has 2 N–H and O–H groups in total. The second kappa shape index (κ2) is 5.80. The van der Waals surface area contributed by atoms with Crippen molar-refractivity contribution in [2.75, 3.05) is 19.7 Å². The Balaban J connectivity index is 2.05. The van der Waals surface area contributed by atoms with Gasteiger partial charge in [0.05, 0.1) is 6.61 Å². The van der Waals surface area contributed by atoms with Gasteiger partial charge in [0.2, 0.25) is 0 Å². The van der Waals surface area contributed by atoms with Gasteiger partial charge in [0.25, 0.3) is 0 Å². The molecule has 110 valence electrons. The number of hydrogen-bond donors (Lipinski definition) is 1. The number of carbonyl (C=O) groups excluding carboxylic acids is 1. The molecule has 3 atom stereocenters. The molecule has 0 radical (unpaired) electrons. The van der Waals surface area contributed by atoms with Crippen molar-refractivity contribution in [1.29, 1.82) is 0 Å². The van der Waals surface area contributed by atoms with E-state index >= 15 is 0 Å². The standard InChI is InChI=1S/C15H28N2O2/c1-4-19-14(18)15(16,13-7-8-13)10-17-9-5-6-11(2)12(17)3/h11-13H,4-10,16H2,1-3H3. The lowest BCUT2D eigenvalue weighted by atomic mass is 9.88. The molecule has 1 aliphatic heterocycles. The van der Waals surface area contributed by atoms with Crippen molar-refractivity contribution in [2.45, 2.75) is 58.0 Å². The summed E-state index contributed by atoms with van der Waals surface area (Å²) in [7, 11) is 0. The summed E-state index contributed by atoms with van der Waals surface area (Å²) in [5.41, 5.74) is 5.66. The fourth-order valence-corrected chi connectivity index (χ4v) is 3.20. The number of nitrogens with two attached hydrogens (primary N) is 1. The fourth-order valence-electron chi connectivity index (χ4n) is 3.20. The van der Waals surface area contributed by atoms with Crippen LogP contribution in [0.4, 0.5) is 0 Å². The number of rotatable bonds is 5. The van der Waals surface area contributed by atoms with Crippen molar-refractivity contribution in [1.82, 2.24) is 4.90 Å². The van der Waals surface area contributed by atoms with E-state index in [1.807, 2.05) is 6.92 Å². The van der Waals surface area contributed by atoms with E-state index in [1.54, 1.807) is 0 Å². The van der Waals surface area contributed by atoms with Crippen LogP contribution in [0.25, 0.3) is 0 Å². The molecule has 0 bridgehead atoms. The molecular weight excluding hydrogens is 240 g/mol. The van der Waals surface area contributed by atoms with Crippen molar-refractivity contribution >= 4 is 5.97 Å². The molecule has 4 nitrogen and oxygen atoms in total. The van der Waals surface area contributed by atoms with Gasteiger partial charge in [-0.1, -0.05) is 6.92 Å². The Morgan fingerprint density at radius 1 is 1.37 bits per heavy atom. The zero-order valence-corrected chi connectivity index (χ0v) is 12.5. The number of likely N-dealkylation sites (tertiary alicyclic amines) is 1. The number of piperidine rings is 1. The van der Waals surface area contributed by atoms with Crippen molar-refractivity contribution < 1.29 is 9.53 Å². The van der Waals surface area contributed by atoms with Crippen molar-refractivity contribution in [2.24, 2.45) is 17.6 Å². The third-order valence-electron chi connectivity index (χ3n) is 4.93. The maximum atomic E-state index is 12.2. The highest BCUT2D eigenvalue weighted by atomic mass is 16.5. The lowest BCUT2D eigenvalue weighted by Crippen LogP contribution is -2.61. The molecule has 1 saturated heterocycles. The zero-order chi connectivity index (χ0) is 14.0. The summed E-state index contributed by atoms with van der Waals surface area (Å²) in [6.45, 7) is 8.50. The summed E-state index contributed by atoms with van der Waals surface area (Å²) in [5.74, 6) is 0.790. The number of carbonyl (C=O) groups is 1. The smallest absolute Gasteiger partial charge is 0.327 e. The Hall–Kier alpha value is -0.610. The molecule has 1 heterocycles. The van der Waals surface area contributed by atoms with Crippen molar-refractivity contribution in [3.63, 3.8) is 0 Å². The molecule has 2 rings (SSSR count). The first-order valence-electron chi connectivity index (χ1n) is 7.69. The Bertz CT molecular complexity index is 330. The third-order valence-corrected chi connectivity index (χ3v) is 4.93. The van der Waals surface area contributed by atoms with Crippen LogP contribution in [0.5, 0.6) is 0 Å². The van der Waals surface area contributed by atoms with Gasteiger partial charge in [0.1, 0.15) is 5.54 Å². The second-order valence-electron chi connectivity index (χ2n) is 6.37. The SMILES string of the molecule is CCOC(=O)C(N)(CN1CCCC(C)C1C)C1CC1. The largest absolute Gasteiger partial charge is 0.465 e. The van der Waals surface area contributed by atoms with E-state index in [0.29, 0.717) is 31.0 Å². The van der Waals surface area contributed by atoms with Crippen LogP contribution in [-0.2, 0) is 9.53 Å². The van der Waals surface area contributed by atoms with Crippen molar-refractivity contribution in [3.05, 3.63) is 0 Å². The van der Waals surface area contributed by atoms with Crippen LogP contribution in [0.3, 0.4) is 0 Å². The highest BCUT2D eigenvalue weighted by molar-refractivity contribution is 5.82. The van der Waals surface area contributed by atoms with E-state index in [2.05, 4.69) is 18.7 Å². The minimum Gasteiger partial charge on any atom is -0.465 e. The molecule has 1 saturated carbocycles. The summed E-state index contributed by atoms with van der Waals surface area (Å²) in [6, 6.07) is 0.504. The van der Waals surface area contributed by atoms with E-state index in [9.17, 15) is 4.79 Å². The molecule has 3 unspecified atom stereocenters. The van der Waals surface area contributed by atoms with Gasteiger partial charge in [0.15, 0.2) is 0 Å². The molecule has 2 aliphatic rings. The highest BCUT2D eigenvalue weighted by Crippen LogP contribution is 2.40. The van der Waals surface area contributed by atoms with Crippen LogP contribution >= 0.6 is 0 Å². The Morgan fingerprint density at radius 3 is 2.63 bits per heavy atom. The van der Waals surface area contributed by atoms with Gasteiger partial charge in [-0.3, -0.25) is 4.90 Å². The molecule has 0 aromatic heterocycles. The van der Waals surface area contributed by atoms with Gasteiger partial charge in [-0.2, -0.15) is 0 Å². The monoisotopic (exact) mass is 268 g/mol. The third kappa shape index (κ3) is 3.11. The van der Waals surface area contributed by atoms with Crippen LogP contribution in [0.2, 0.25) is 0 Å². The molecular formula is C15H28N2O2. The fraction of sp³-hybridized carbons (Fsp3) is 0.933. The van der Waals surface area contributed by atoms with Crippen LogP contribution in [-0.4, -0.2) is 42.1 Å². The van der Waals surface area contributed by atoms with Gasteiger partial charge in [-0.05, 0) is 57.9 Å². The number of nitrogens with zero attached hydrogens (tertiary/aromatic N) is 1. The first-order valence-corrected chi connectivity index (χ1v) is 7.69. The topological polar surface area (TPSA) is 55.6 Å². The maximum Gasteiger partial charge on any atom is 0.327 e. The van der Waals surface area contributed by atoms with Crippen LogP contribution in [0, 0.1) is 11.8 Å². The first-order chi connectivity index (χ1) is 8.99. The maximum absolute atomic E-state index is 12.2. The molecule has 1 aliphatic carbocycles. The molecule has 2 fully saturated rings. The van der Waals surface area contributed by atoms with Crippen LogP contribution < -0.4 is 5.73 Å². The van der Waals surface area contributed by atoms with Gasteiger partial charge >= 0.3 is 5.97 Å². The van der Waals surface area contributed by atoms with Crippen LogP contribution in [0.1, 0.15) is 46.5 Å². The van der Waals surface area contributed by atoms with Crippen LogP contribution in [0.15, 0.2) is 0 Å². The lowest BCUT2D eigenvalue weighted by molar-refractivity contribution is -0.152. The zero-order valence-electron chi connectivity index (χ0n) is 12.5. The minimum absolute atomic E-state index is 0.206. The number of esters is 1. The Kier molecular flexibility index (Phi) is 4.51. The molecule has 0 spiro atoms. The van der Waals surface area contributed by atoms with Crippen molar-refractivity contribution in [3.8, 4) is 0 Å². The van der Waals surface area contributed by atoms with E-state index < -0.39 is 5.54 Å². The van der Waals surface area contributed by atoms with Gasteiger partial charge in [-0.25, -0.2) is 4.79 Å². The summed E-state index contributed by atoms with van der Waals surface area (Å²) in [4.78, 5) is 14.6. The normalized spacial score (nSPS) is 31.8. The predicted molar refractivity (Wildman–Crippen MR) is 75.7 cm³/mol. The van der Waals surface area contributed by atoms with Gasteiger partial charge in [0, 0.05) is 12.6 Å². The van der Waals surface area contributed by atoms with E-state index in [4.69, 9.17) is 10.5 Å². The average molecular weight is 268 g/mol. The molecule has 0 amide bonds. The second-order valence-corrected chi connectivity index (χ2v) is 6.37. The molecule has 19 heavy (non-hydrogen) atoms. The summed E-state index contributed by atoms with van der Waals surface area (Å²) < 4.78 is 5.22. The van der Waals surface area contributed by atoms with Gasteiger partial charge in [-0.15, -0.1) is 0 Å². The molecule has 0 aromatic carbocycles. The summed E-state index contributed by atoms with van der Waals surface area (Å²) in [6.07, 6.45) is 4.60. The predicted octanol–water partition coefficient (Wildman–Crippen LogP) is 1.78. The van der Waals surface area contributed by atoms with Gasteiger partial charge < -0.3 is 10.5 Å². The van der Waals surface area contributed by atoms with E-state index in [0.717, 1.165) is 19.4 Å². The number of ether oxygens (including phenoxy) is 1. The Labute approximate surface area is 116 Å². The minimum atomic E-state index is -0.790. The lowest BCUT2D eigenvalue weighted by Gasteiger charge is -2.42. The Morgan fingerprint density at radius 2 is 2.05 bits per heavy atom. The van der Waals surface area contributed by atoms with E-state index in [1.165, 1.54) is 12.8 Å². The summed E-state index contributed by atoms with van der Waals surface area (Å²) >= 11 is 0. The quantitative estimate of drug-likeness (QED) is 0.772. The molecule has 0 aromatic rings. The first kappa shape index (κ1) is 14.8. The number of hydrogen-bond acceptors (Lipinski definition) is 4. The average Bonchev–Trinajstić information content (AvgIpc) is 3.19. The molecule has 4 heteroatoms. The highest BCUT2D eigenvalue weighted by Gasteiger charge is 2.50. The van der Waals surface area contributed by atoms with E-state index in [-0.39, 0.29) is 5.97 Å².